The monoisotopic (exact) mass is 218 g/mol. The minimum absolute atomic E-state index is 0.418. The van der Waals surface area contributed by atoms with Gasteiger partial charge in [-0.25, -0.2) is 0 Å². The number of aryl methyl sites for hydroxylation is 1. The summed E-state index contributed by atoms with van der Waals surface area (Å²) < 4.78 is 0. The molecule has 2 amide bonds. The van der Waals surface area contributed by atoms with Crippen LogP contribution in [0.25, 0.3) is 0 Å². The van der Waals surface area contributed by atoms with Crippen LogP contribution < -0.4 is 10.6 Å². The third kappa shape index (κ3) is 1.78. The Hall–Kier alpha value is -1.84. The van der Waals surface area contributed by atoms with Gasteiger partial charge in [-0.05, 0) is 19.4 Å². The Kier molecular flexibility index (Phi) is 2.42. The Balaban J connectivity index is 2.32. The summed E-state index contributed by atoms with van der Waals surface area (Å²) in [4.78, 5) is 22.4. The van der Waals surface area contributed by atoms with E-state index in [0.717, 1.165) is 11.1 Å². The summed E-state index contributed by atoms with van der Waals surface area (Å²) in [6.07, 6.45) is 0. The molecule has 0 aliphatic carbocycles. The van der Waals surface area contributed by atoms with Crippen LogP contribution in [0.3, 0.4) is 0 Å². The lowest BCUT2D eigenvalue weighted by Gasteiger charge is -2.35. The van der Waals surface area contributed by atoms with Crippen molar-refractivity contribution in [3.8, 4) is 0 Å². The van der Waals surface area contributed by atoms with Crippen molar-refractivity contribution in [1.82, 2.24) is 10.6 Å². The van der Waals surface area contributed by atoms with Crippen molar-refractivity contribution in [3.05, 3.63) is 35.4 Å². The zero-order valence-electron chi connectivity index (χ0n) is 9.33. The Morgan fingerprint density at radius 2 is 2.00 bits per heavy atom. The first-order valence-electron chi connectivity index (χ1n) is 5.19. The van der Waals surface area contributed by atoms with Gasteiger partial charge in [0.1, 0.15) is 0 Å². The van der Waals surface area contributed by atoms with Gasteiger partial charge in [0, 0.05) is 6.54 Å². The molecule has 0 aromatic heterocycles. The second-order valence-corrected chi connectivity index (χ2v) is 4.34. The molecule has 1 aliphatic heterocycles. The molecule has 2 rings (SSSR count). The third-order valence-electron chi connectivity index (χ3n) is 2.85. The summed E-state index contributed by atoms with van der Waals surface area (Å²) in [6.45, 7) is 4.32. The lowest BCUT2D eigenvalue weighted by Crippen LogP contribution is -2.60. The number of piperazine rings is 1. The van der Waals surface area contributed by atoms with E-state index in [1.807, 2.05) is 38.1 Å². The Bertz CT molecular complexity index is 456. The highest BCUT2D eigenvalue weighted by Crippen LogP contribution is 2.22. The van der Waals surface area contributed by atoms with Crippen LogP contribution in [0.1, 0.15) is 18.1 Å². The molecule has 1 atom stereocenters. The van der Waals surface area contributed by atoms with Crippen LogP contribution in [0, 0.1) is 6.92 Å². The maximum Gasteiger partial charge on any atom is 0.310 e. The molecule has 0 bridgehead atoms. The van der Waals surface area contributed by atoms with Crippen LogP contribution in [0.15, 0.2) is 24.3 Å². The first-order chi connectivity index (χ1) is 7.51. The third-order valence-corrected chi connectivity index (χ3v) is 2.85. The van der Waals surface area contributed by atoms with Crippen LogP contribution >= 0.6 is 0 Å². The second kappa shape index (κ2) is 3.63. The van der Waals surface area contributed by atoms with Crippen LogP contribution in [0.5, 0.6) is 0 Å². The van der Waals surface area contributed by atoms with Crippen molar-refractivity contribution in [1.29, 1.82) is 0 Å². The smallest absolute Gasteiger partial charge is 0.310 e. The number of amides is 2. The molecule has 1 unspecified atom stereocenters. The van der Waals surface area contributed by atoms with E-state index in [1.165, 1.54) is 0 Å². The van der Waals surface area contributed by atoms with E-state index in [2.05, 4.69) is 10.6 Å². The molecule has 0 radical (unpaired) electrons. The summed E-state index contributed by atoms with van der Waals surface area (Å²) in [5, 5.41) is 5.32. The molecular weight excluding hydrogens is 204 g/mol. The Labute approximate surface area is 94.0 Å². The van der Waals surface area contributed by atoms with E-state index in [4.69, 9.17) is 0 Å². The van der Waals surface area contributed by atoms with Crippen molar-refractivity contribution in [3.63, 3.8) is 0 Å². The highest BCUT2D eigenvalue weighted by atomic mass is 16.2. The lowest BCUT2D eigenvalue weighted by molar-refractivity contribution is -0.142. The molecule has 4 nitrogen and oxygen atoms in total. The first-order valence-corrected chi connectivity index (χ1v) is 5.19. The van der Waals surface area contributed by atoms with Crippen molar-refractivity contribution in [2.45, 2.75) is 19.4 Å². The molecule has 0 spiro atoms. The SMILES string of the molecule is Cc1cccc(C2(C)CNC(=O)C(=O)N2)c1. The van der Waals surface area contributed by atoms with Gasteiger partial charge >= 0.3 is 11.8 Å². The molecule has 1 aromatic carbocycles. The molecule has 1 aromatic rings. The second-order valence-electron chi connectivity index (χ2n) is 4.34. The highest BCUT2D eigenvalue weighted by Gasteiger charge is 2.35. The molecule has 2 N–H and O–H groups in total. The van der Waals surface area contributed by atoms with E-state index in [1.54, 1.807) is 0 Å². The summed E-state index contributed by atoms with van der Waals surface area (Å²) in [5.74, 6) is -1.14. The van der Waals surface area contributed by atoms with Crippen LogP contribution in [0.4, 0.5) is 0 Å². The van der Waals surface area contributed by atoms with Gasteiger partial charge in [-0.15, -0.1) is 0 Å². The predicted molar refractivity (Wildman–Crippen MR) is 59.7 cm³/mol. The zero-order chi connectivity index (χ0) is 11.8. The number of nitrogens with one attached hydrogen (secondary N) is 2. The number of carbonyl (C=O) groups is 2. The van der Waals surface area contributed by atoms with Crippen molar-refractivity contribution in [2.75, 3.05) is 6.54 Å². The standard InChI is InChI=1S/C12H14N2O2/c1-8-4-3-5-9(6-8)12(2)7-13-10(15)11(16)14-12/h3-6H,7H2,1-2H3,(H,13,15)(H,14,16). The Morgan fingerprint density at radius 3 is 2.62 bits per heavy atom. The Morgan fingerprint density at radius 1 is 1.25 bits per heavy atom. The summed E-state index contributed by atoms with van der Waals surface area (Å²) in [7, 11) is 0. The van der Waals surface area contributed by atoms with E-state index >= 15 is 0 Å². The van der Waals surface area contributed by atoms with Crippen LogP contribution in [-0.4, -0.2) is 18.4 Å². The molecule has 84 valence electrons. The largest absolute Gasteiger partial charge is 0.345 e. The summed E-state index contributed by atoms with van der Waals surface area (Å²) in [5.41, 5.74) is 1.61. The fourth-order valence-corrected chi connectivity index (χ4v) is 1.85. The zero-order valence-corrected chi connectivity index (χ0v) is 9.33. The molecular formula is C12H14N2O2. The molecule has 1 aliphatic rings. The lowest BCUT2D eigenvalue weighted by atomic mass is 9.89. The fourth-order valence-electron chi connectivity index (χ4n) is 1.85. The van der Waals surface area contributed by atoms with Crippen molar-refractivity contribution < 1.29 is 9.59 Å². The maximum atomic E-state index is 11.3. The van der Waals surface area contributed by atoms with E-state index < -0.39 is 17.4 Å². The molecule has 1 saturated heterocycles. The van der Waals surface area contributed by atoms with Crippen molar-refractivity contribution >= 4 is 11.8 Å². The molecule has 1 fully saturated rings. The molecule has 4 heteroatoms. The van der Waals surface area contributed by atoms with Crippen molar-refractivity contribution in [2.24, 2.45) is 0 Å². The van der Waals surface area contributed by atoms with Gasteiger partial charge in [0.2, 0.25) is 0 Å². The highest BCUT2D eigenvalue weighted by molar-refractivity contribution is 6.35. The number of hydrogen-bond donors (Lipinski definition) is 2. The molecule has 0 saturated carbocycles. The van der Waals surface area contributed by atoms with Gasteiger partial charge in [0.25, 0.3) is 0 Å². The normalized spacial score (nSPS) is 24.9. The van der Waals surface area contributed by atoms with Gasteiger partial charge in [-0.2, -0.15) is 0 Å². The predicted octanol–water partition coefficient (Wildman–Crippen LogP) is 0.456. The van der Waals surface area contributed by atoms with E-state index in [0.29, 0.717) is 6.54 Å². The molecule has 16 heavy (non-hydrogen) atoms. The minimum atomic E-state index is -0.574. The van der Waals surface area contributed by atoms with Gasteiger partial charge in [0.05, 0.1) is 5.54 Å². The van der Waals surface area contributed by atoms with Gasteiger partial charge < -0.3 is 10.6 Å². The fraction of sp³-hybridized carbons (Fsp3) is 0.333. The average molecular weight is 218 g/mol. The number of benzene rings is 1. The average Bonchev–Trinajstić information content (AvgIpc) is 2.24. The van der Waals surface area contributed by atoms with Gasteiger partial charge in [0.15, 0.2) is 0 Å². The maximum absolute atomic E-state index is 11.3. The number of rotatable bonds is 1. The summed E-state index contributed by atoms with van der Waals surface area (Å²) in [6, 6.07) is 7.90. The number of carbonyl (C=O) groups excluding carboxylic acids is 2. The van der Waals surface area contributed by atoms with Crippen LogP contribution in [-0.2, 0) is 15.1 Å². The molecule has 1 heterocycles. The topological polar surface area (TPSA) is 58.2 Å². The quantitative estimate of drug-likeness (QED) is 0.673. The van der Waals surface area contributed by atoms with E-state index in [9.17, 15) is 9.59 Å². The first kappa shape index (κ1) is 10.7. The van der Waals surface area contributed by atoms with Gasteiger partial charge in [-0.3, -0.25) is 9.59 Å². The summed E-state index contributed by atoms with van der Waals surface area (Å²) >= 11 is 0. The van der Waals surface area contributed by atoms with Crippen LogP contribution in [0.2, 0.25) is 0 Å². The van der Waals surface area contributed by atoms with E-state index in [-0.39, 0.29) is 0 Å². The number of hydrogen-bond acceptors (Lipinski definition) is 2. The minimum Gasteiger partial charge on any atom is -0.345 e. The van der Waals surface area contributed by atoms with Gasteiger partial charge in [-0.1, -0.05) is 29.8 Å².